The van der Waals surface area contributed by atoms with Gasteiger partial charge in [0, 0.05) is 6.54 Å². The molecule has 5 heteroatoms. The summed E-state index contributed by atoms with van der Waals surface area (Å²) in [5, 5.41) is 7.89. The Bertz CT molecular complexity index is 610. The van der Waals surface area contributed by atoms with E-state index in [2.05, 4.69) is 40.2 Å². The summed E-state index contributed by atoms with van der Waals surface area (Å²) in [6.45, 7) is 7.82. The van der Waals surface area contributed by atoms with Gasteiger partial charge in [-0.15, -0.1) is 0 Å². The molecule has 1 aromatic heterocycles. The lowest BCUT2D eigenvalue weighted by Crippen LogP contribution is -2.27. The van der Waals surface area contributed by atoms with E-state index < -0.39 is 0 Å². The number of rotatable bonds is 6. The molecule has 2 rings (SSSR count). The van der Waals surface area contributed by atoms with Crippen LogP contribution in [0.5, 0.6) is 0 Å². The standard InChI is InChI=1S/C16H21BrFN3/c1-4-8-19-15(13-9-12(18)7-6-11(13)3)16-14(17)10-20-21(16)5-2/h6-7,9-10,15,19H,4-5,8H2,1-3H3. The van der Waals surface area contributed by atoms with Gasteiger partial charge in [-0.1, -0.05) is 13.0 Å². The number of nitrogens with zero attached hydrogens (tertiary/aromatic N) is 2. The van der Waals surface area contributed by atoms with Crippen molar-refractivity contribution < 1.29 is 4.39 Å². The molecule has 114 valence electrons. The Balaban J connectivity index is 2.52. The van der Waals surface area contributed by atoms with Crippen LogP contribution in [-0.4, -0.2) is 16.3 Å². The molecule has 0 radical (unpaired) electrons. The van der Waals surface area contributed by atoms with Gasteiger partial charge in [0.15, 0.2) is 0 Å². The van der Waals surface area contributed by atoms with Gasteiger partial charge in [0.1, 0.15) is 5.82 Å². The van der Waals surface area contributed by atoms with E-state index in [1.54, 1.807) is 12.3 Å². The zero-order valence-electron chi connectivity index (χ0n) is 12.7. The largest absolute Gasteiger partial charge is 0.305 e. The van der Waals surface area contributed by atoms with Crippen LogP contribution in [0.3, 0.4) is 0 Å². The fraction of sp³-hybridized carbons (Fsp3) is 0.438. The molecule has 1 heterocycles. The van der Waals surface area contributed by atoms with Crippen molar-refractivity contribution in [1.29, 1.82) is 0 Å². The summed E-state index contributed by atoms with van der Waals surface area (Å²) in [7, 11) is 0. The molecule has 1 N–H and O–H groups in total. The van der Waals surface area contributed by atoms with E-state index in [0.29, 0.717) is 0 Å². The van der Waals surface area contributed by atoms with Crippen molar-refractivity contribution >= 4 is 15.9 Å². The molecule has 1 atom stereocenters. The number of hydrogen-bond acceptors (Lipinski definition) is 2. The van der Waals surface area contributed by atoms with E-state index >= 15 is 0 Å². The monoisotopic (exact) mass is 353 g/mol. The zero-order chi connectivity index (χ0) is 15.4. The first kappa shape index (κ1) is 16.2. The van der Waals surface area contributed by atoms with Crippen LogP contribution in [0.25, 0.3) is 0 Å². The third-order valence-electron chi connectivity index (χ3n) is 3.56. The van der Waals surface area contributed by atoms with E-state index in [0.717, 1.165) is 40.8 Å². The number of aromatic nitrogens is 2. The van der Waals surface area contributed by atoms with E-state index in [1.807, 2.05) is 17.7 Å². The second kappa shape index (κ2) is 7.18. The molecule has 3 nitrogen and oxygen atoms in total. The first-order valence-corrected chi connectivity index (χ1v) is 8.08. The Kier molecular flexibility index (Phi) is 5.53. The molecule has 0 aliphatic heterocycles. The first-order chi connectivity index (χ1) is 10.1. The van der Waals surface area contributed by atoms with E-state index in [4.69, 9.17) is 0 Å². The molecule has 0 spiro atoms. The molecule has 0 fully saturated rings. The highest BCUT2D eigenvalue weighted by Crippen LogP contribution is 2.31. The number of halogens is 2. The van der Waals surface area contributed by atoms with Crippen LogP contribution in [0.1, 0.15) is 43.1 Å². The molecule has 0 saturated heterocycles. The minimum absolute atomic E-state index is 0.0718. The van der Waals surface area contributed by atoms with E-state index in [-0.39, 0.29) is 11.9 Å². The lowest BCUT2D eigenvalue weighted by Gasteiger charge is -2.22. The van der Waals surface area contributed by atoms with Crippen LogP contribution in [0, 0.1) is 12.7 Å². The minimum atomic E-state index is -0.211. The van der Waals surface area contributed by atoms with Crippen molar-refractivity contribution in [3.05, 3.63) is 51.5 Å². The maximum absolute atomic E-state index is 13.7. The fourth-order valence-electron chi connectivity index (χ4n) is 2.48. The van der Waals surface area contributed by atoms with Crippen molar-refractivity contribution in [1.82, 2.24) is 15.1 Å². The van der Waals surface area contributed by atoms with Crippen LogP contribution in [0.4, 0.5) is 4.39 Å². The molecular weight excluding hydrogens is 333 g/mol. The van der Waals surface area contributed by atoms with Crippen LogP contribution >= 0.6 is 15.9 Å². The Morgan fingerprint density at radius 2 is 2.14 bits per heavy atom. The maximum Gasteiger partial charge on any atom is 0.123 e. The summed E-state index contributed by atoms with van der Waals surface area (Å²) < 4.78 is 16.6. The van der Waals surface area contributed by atoms with Crippen molar-refractivity contribution in [2.75, 3.05) is 6.54 Å². The van der Waals surface area contributed by atoms with Gasteiger partial charge < -0.3 is 5.32 Å². The van der Waals surface area contributed by atoms with Gasteiger partial charge in [0.2, 0.25) is 0 Å². The summed E-state index contributed by atoms with van der Waals surface area (Å²) in [5.74, 6) is -0.211. The highest BCUT2D eigenvalue weighted by Gasteiger charge is 2.22. The molecule has 0 bridgehead atoms. The minimum Gasteiger partial charge on any atom is -0.305 e. The summed E-state index contributed by atoms with van der Waals surface area (Å²) in [4.78, 5) is 0. The third-order valence-corrected chi connectivity index (χ3v) is 4.17. The number of hydrogen-bond donors (Lipinski definition) is 1. The topological polar surface area (TPSA) is 29.9 Å². The molecule has 0 aliphatic carbocycles. The van der Waals surface area contributed by atoms with Gasteiger partial charge in [-0.3, -0.25) is 4.68 Å². The predicted octanol–water partition coefficient (Wildman–Crippen LogP) is 4.20. The summed E-state index contributed by atoms with van der Waals surface area (Å²) in [6.07, 6.45) is 2.82. The Morgan fingerprint density at radius 1 is 1.38 bits per heavy atom. The van der Waals surface area contributed by atoms with Crippen molar-refractivity contribution in [2.24, 2.45) is 0 Å². The predicted molar refractivity (Wildman–Crippen MR) is 86.9 cm³/mol. The van der Waals surface area contributed by atoms with E-state index in [1.165, 1.54) is 6.07 Å². The van der Waals surface area contributed by atoms with Gasteiger partial charge in [-0.2, -0.15) is 5.10 Å². The Labute approximate surface area is 133 Å². The van der Waals surface area contributed by atoms with Crippen LogP contribution < -0.4 is 5.32 Å². The molecule has 21 heavy (non-hydrogen) atoms. The second-order valence-corrected chi connectivity index (χ2v) is 5.94. The van der Waals surface area contributed by atoms with Crippen LogP contribution in [-0.2, 0) is 6.54 Å². The van der Waals surface area contributed by atoms with Crippen LogP contribution in [0.2, 0.25) is 0 Å². The fourth-order valence-corrected chi connectivity index (χ4v) is 3.00. The normalized spacial score (nSPS) is 12.6. The number of aryl methyl sites for hydroxylation is 2. The maximum atomic E-state index is 13.7. The quantitative estimate of drug-likeness (QED) is 0.843. The summed E-state index contributed by atoms with van der Waals surface area (Å²) in [5.41, 5.74) is 3.07. The zero-order valence-corrected chi connectivity index (χ0v) is 14.2. The second-order valence-electron chi connectivity index (χ2n) is 5.08. The van der Waals surface area contributed by atoms with Crippen molar-refractivity contribution in [2.45, 2.75) is 39.8 Å². The van der Waals surface area contributed by atoms with Gasteiger partial charge in [-0.05, 0) is 66.0 Å². The third kappa shape index (κ3) is 3.52. The molecule has 2 aromatic rings. The summed E-state index contributed by atoms with van der Waals surface area (Å²) >= 11 is 3.57. The van der Waals surface area contributed by atoms with Gasteiger partial charge >= 0.3 is 0 Å². The Morgan fingerprint density at radius 3 is 2.81 bits per heavy atom. The van der Waals surface area contributed by atoms with Gasteiger partial charge in [0.05, 0.1) is 22.4 Å². The number of nitrogens with one attached hydrogen (secondary N) is 1. The van der Waals surface area contributed by atoms with Crippen LogP contribution in [0.15, 0.2) is 28.9 Å². The summed E-state index contributed by atoms with van der Waals surface area (Å²) in [6, 6.07) is 4.87. The number of benzene rings is 1. The molecule has 0 saturated carbocycles. The molecule has 0 aliphatic rings. The lowest BCUT2D eigenvalue weighted by molar-refractivity contribution is 0.523. The smallest absolute Gasteiger partial charge is 0.123 e. The molecule has 1 unspecified atom stereocenters. The average molecular weight is 354 g/mol. The average Bonchev–Trinajstić information content (AvgIpc) is 2.84. The molecular formula is C16H21BrFN3. The lowest BCUT2D eigenvalue weighted by atomic mass is 9.98. The molecule has 1 aromatic carbocycles. The van der Waals surface area contributed by atoms with Crippen molar-refractivity contribution in [3.63, 3.8) is 0 Å². The highest BCUT2D eigenvalue weighted by atomic mass is 79.9. The van der Waals surface area contributed by atoms with Gasteiger partial charge in [0.25, 0.3) is 0 Å². The Hall–Kier alpha value is -1.20. The van der Waals surface area contributed by atoms with Crippen molar-refractivity contribution in [3.8, 4) is 0 Å². The molecule has 0 amide bonds. The first-order valence-electron chi connectivity index (χ1n) is 7.29. The SMILES string of the molecule is CCCNC(c1cc(F)ccc1C)c1c(Br)cnn1CC. The highest BCUT2D eigenvalue weighted by molar-refractivity contribution is 9.10. The van der Waals surface area contributed by atoms with Gasteiger partial charge in [-0.25, -0.2) is 4.39 Å². The van der Waals surface area contributed by atoms with E-state index in [9.17, 15) is 4.39 Å².